The number of rotatable bonds is 4. The summed E-state index contributed by atoms with van der Waals surface area (Å²) in [5.41, 5.74) is 4.43. The number of aromatic amines is 2. The Balaban J connectivity index is 2.47. The highest BCUT2D eigenvalue weighted by Gasteiger charge is 2.37. The number of aromatic nitrogens is 4. The summed E-state index contributed by atoms with van der Waals surface area (Å²) in [4.78, 5) is 36.4. The Bertz CT molecular complexity index is 717. The van der Waals surface area contributed by atoms with Gasteiger partial charge in [-0.1, -0.05) is 13.8 Å². The molecule has 0 aliphatic rings. The molecule has 0 spiro atoms. The molecule has 1 unspecified atom stereocenters. The first-order valence-electron chi connectivity index (χ1n) is 6.22. The average Bonchev–Trinajstić information content (AvgIpc) is 2.70. The van der Waals surface area contributed by atoms with Crippen LogP contribution in [0.4, 0.5) is 5.95 Å². The second kappa shape index (κ2) is 4.62. The lowest BCUT2D eigenvalue weighted by Crippen LogP contribution is -2.35. The Kier molecular flexibility index (Phi) is 3.24. The van der Waals surface area contributed by atoms with Gasteiger partial charge in [-0.05, 0) is 12.8 Å². The molecule has 0 aliphatic carbocycles. The van der Waals surface area contributed by atoms with Gasteiger partial charge in [0.1, 0.15) is 5.82 Å². The summed E-state index contributed by atoms with van der Waals surface area (Å²) in [6.07, 6.45) is 0.176. The zero-order valence-corrected chi connectivity index (χ0v) is 11.5. The molecule has 8 heteroatoms. The molecule has 1 atom stereocenters. The minimum atomic E-state index is -0.980. The summed E-state index contributed by atoms with van der Waals surface area (Å²) in [5.74, 6) is -0.619. The monoisotopic (exact) mass is 279 g/mol. The minimum Gasteiger partial charge on any atom is -0.481 e. The van der Waals surface area contributed by atoms with Crippen LogP contribution in [0.1, 0.15) is 26.6 Å². The Hall–Kier alpha value is -2.38. The van der Waals surface area contributed by atoms with E-state index in [2.05, 4.69) is 19.9 Å². The molecule has 5 N–H and O–H groups in total. The lowest BCUT2D eigenvalue weighted by Gasteiger charge is -2.27. The summed E-state index contributed by atoms with van der Waals surface area (Å²) < 4.78 is 0. The number of nitrogen functional groups attached to an aromatic ring is 1. The third kappa shape index (κ3) is 2.24. The van der Waals surface area contributed by atoms with E-state index in [0.29, 0.717) is 5.82 Å². The molecule has 0 amide bonds. The van der Waals surface area contributed by atoms with Crippen LogP contribution in [0.3, 0.4) is 0 Å². The van der Waals surface area contributed by atoms with Gasteiger partial charge in [-0.25, -0.2) is 4.98 Å². The van der Waals surface area contributed by atoms with Crippen molar-refractivity contribution < 1.29 is 9.90 Å². The average molecular weight is 279 g/mol. The maximum atomic E-state index is 11.7. The second-order valence-electron chi connectivity index (χ2n) is 5.39. The number of imidazole rings is 1. The highest BCUT2D eigenvalue weighted by molar-refractivity contribution is 5.75. The van der Waals surface area contributed by atoms with Gasteiger partial charge in [-0.15, -0.1) is 0 Å². The molecule has 0 saturated carbocycles. The van der Waals surface area contributed by atoms with E-state index in [4.69, 9.17) is 5.73 Å². The molecule has 0 bridgehead atoms. The normalized spacial score (nSPS) is 14.6. The van der Waals surface area contributed by atoms with Crippen molar-refractivity contribution in [2.24, 2.45) is 11.3 Å². The predicted molar refractivity (Wildman–Crippen MR) is 73.2 cm³/mol. The molecule has 0 radical (unpaired) electrons. The number of fused-ring (bicyclic) bond motifs is 1. The molecule has 0 aromatic carbocycles. The van der Waals surface area contributed by atoms with Crippen LogP contribution < -0.4 is 11.3 Å². The number of carbonyl (C=O) groups is 1. The summed E-state index contributed by atoms with van der Waals surface area (Å²) in [5, 5.41) is 9.39. The van der Waals surface area contributed by atoms with E-state index in [1.165, 1.54) is 0 Å². The Morgan fingerprint density at radius 2 is 2.05 bits per heavy atom. The van der Waals surface area contributed by atoms with Crippen LogP contribution in [0.5, 0.6) is 0 Å². The first kappa shape index (κ1) is 14.0. The van der Waals surface area contributed by atoms with E-state index in [1.54, 1.807) is 6.92 Å². The van der Waals surface area contributed by atoms with E-state index in [0.717, 1.165) is 0 Å². The number of nitrogens with one attached hydrogen (secondary N) is 2. The van der Waals surface area contributed by atoms with Gasteiger partial charge in [0, 0.05) is 6.42 Å². The van der Waals surface area contributed by atoms with Crippen LogP contribution in [0, 0.1) is 11.3 Å². The summed E-state index contributed by atoms with van der Waals surface area (Å²) in [6.45, 7) is 5.32. The molecule has 2 aromatic rings. The topological polar surface area (TPSA) is 138 Å². The predicted octanol–water partition coefficient (Wildman–Crippen LogP) is 0.518. The Morgan fingerprint density at radius 1 is 1.40 bits per heavy atom. The fraction of sp³-hybridized carbons (Fsp3) is 0.500. The van der Waals surface area contributed by atoms with Crippen LogP contribution in [0.2, 0.25) is 0 Å². The van der Waals surface area contributed by atoms with Gasteiger partial charge in [-0.3, -0.25) is 14.6 Å². The van der Waals surface area contributed by atoms with Gasteiger partial charge in [0.25, 0.3) is 5.56 Å². The van der Waals surface area contributed by atoms with Crippen molar-refractivity contribution >= 4 is 23.1 Å². The van der Waals surface area contributed by atoms with E-state index in [1.807, 2.05) is 13.8 Å². The standard InChI is InChI=1S/C12H17N5O3/c1-5(2)12(3,10(19)20)4-6-14-7-8(15-6)16-11(13)17-9(7)18/h5H,4H2,1-3H3,(H,19,20)(H4,13,14,15,16,17,18). The van der Waals surface area contributed by atoms with Crippen LogP contribution in [-0.2, 0) is 11.2 Å². The largest absolute Gasteiger partial charge is 0.481 e. The van der Waals surface area contributed by atoms with Gasteiger partial charge in [-0.2, -0.15) is 4.98 Å². The smallest absolute Gasteiger partial charge is 0.310 e. The van der Waals surface area contributed by atoms with Crippen molar-refractivity contribution in [2.45, 2.75) is 27.2 Å². The molecule has 2 aromatic heterocycles. The number of aliphatic carboxylic acids is 1. The Morgan fingerprint density at radius 3 is 2.60 bits per heavy atom. The first-order valence-corrected chi connectivity index (χ1v) is 6.22. The molecule has 2 heterocycles. The molecule has 0 saturated heterocycles. The number of nitrogens with zero attached hydrogens (tertiary/aromatic N) is 2. The number of carboxylic acid groups (broad SMARTS) is 1. The molecule has 8 nitrogen and oxygen atoms in total. The van der Waals surface area contributed by atoms with Crippen molar-refractivity contribution in [3.63, 3.8) is 0 Å². The van der Waals surface area contributed by atoms with Crippen molar-refractivity contribution in [1.29, 1.82) is 0 Å². The van der Waals surface area contributed by atoms with Crippen LogP contribution in [0.15, 0.2) is 4.79 Å². The highest BCUT2D eigenvalue weighted by atomic mass is 16.4. The lowest BCUT2D eigenvalue weighted by molar-refractivity contribution is -0.150. The zero-order valence-electron chi connectivity index (χ0n) is 11.5. The van der Waals surface area contributed by atoms with E-state index in [-0.39, 0.29) is 29.5 Å². The summed E-state index contributed by atoms with van der Waals surface area (Å²) in [7, 11) is 0. The quantitative estimate of drug-likeness (QED) is 0.643. The zero-order chi connectivity index (χ0) is 15.1. The molecule has 20 heavy (non-hydrogen) atoms. The van der Waals surface area contributed by atoms with Crippen molar-refractivity contribution in [3.8, 4) is 0 Å². The van der Waals surface area contributed by atoms with E-state index < -0.39 is 16.9 Å². The first-order chi connectivity index (χ1) is 9.24. The van der Waals surface area contributed by atoms with E-state index >= 15 is 0 Å². The number of nitrogens with two attached hydrogens (primary N) is 1. The van der Waals surface area contributed by atoms with Crippen molar-refractivity contribution in [1.82, 2.24) is 19.9 Å². The maximum absolute atomic E-state index is 11.7. The molecular weight excluding hydrogens is 262 g/mol. The highest BCUT2D eigenvalue weighted by Crippen LogP contribution is 2.31. The van der Waals surface area contributed by atoms with Crippen molar-refractivity contribution in [2.75, 3.05) is 5.73 Å². The van der Waals surface area contributed by atoms with Gasteiger partial charge in [0.2, 0.25) is 5.95 Å². The molecule has 0 aliphatic heterocycles. The van der Waals surface area contributed by atoms with E-state index in [9.17, 15) is 14.7 Å². The number of H-pyrrole nitrogens is 2. The van der Waals surface area contributed by atoms with Crippen molar-refractivity contribution in [3.05, 3.63) is 16.2 Å². The Labute approximate surface area is 114 Å². The van der Waals surface area contributed by atoms with Gasteiger partial charge >= 0.3 is 5.97 Å². The molecular formula is C12H17N5O3. The summed E-state index contributed by atoms with van der Waals surface area (Å²) >= 11 is 0. The molecule has 2 rings (SSSR count). The number of hydrogen-bond donors (Lipinski definition) is 4. The fourth-order valence-electron chi connectivity index (χ4n) is 1.93. The fourth-order valence-corrected chi connectivity index (χ4v) is 1.93. The van der Waals surface area contributed by atoms with Gasteiger partial charge < -0.3 is 15.8 Å². The summed E-state index contributed by atoms with van der Waals surface area (Å²) in [6, 6.07) is 0. The van der Waals surface area contributed by atoms with Gasteiger partial charge in [0.15, 0.2) is 11.2 Å². The third-order valence-corrected chi connectivity index (χ3v) is 3.73. The number of carboxylic acids is 1. The minimum absolute atomic E-state index is 0.0228. The van der Waals surface area contributed by atoms with Gasteiger partial charge in [0.05, 0.1) is 5.41 Å². The van der Waals surface area contributed by atoms with Crippen LogP contribution >= 0.6 is 0 Å². The van der Waals surface area contributed by atoms with Crippen LogP contribution in [0.25, 0.3) is 11.2 Å². The molecule has 0 fully saturated rings. The second-order valence-corrected chi connectivity index (χ2v) is 5.39. The maximum Gasteiger partial charge on any atom is 0.310 e. The third-order valence-electron chi connectivity index (χ3n) is 3.73. The SMILES string of the molecule is CC(C)C(C)(Cc1nc2nc(N)[nH]c(=O)c2[nH]1)C(=O)O. The number of hydrogen-bond acceptors (Lipinski definition) is 5. The van der Waals surface area contributed by atoms with Crippen LogP contribution in [-0.4, -0.2) is 31.0 Å². The molecule has 108 valence electrons. The lowest BCUT2D eigenvalue weighted by atomic mass is 9.76. The number of anilines is 1.